The van der Waals surface area contributed by atoms with E-state index in [0.29, 0.717) is 5.92 Å². The van der Waals surface area contributed by atoms with Crippen LogP contribution in [0.3, 0.4) is 0 Å². The first-order chi connectivity index (χ1) is 8.06. The Morgan fingerprint density at radius 3 is 2.06 bits per heavy atom. The average molecular weight is 353 g/mol. The Morgan fingerprint density at radius 1 is 1.06 bits per heavy atom. The molecule has 1 aliphatic rings. The number of nitrogens with zero attached hydrogens (tertiary/aromatic N) is 1. The van der Waals surface area contributed by atoms with Gasteiger partial charge in [0.1, 0.15) is 0 Å². The standard InChI is InChI=1S/C13H18F2IN/c1-16(2)17-5-3-10(4-6-17)11-7-12(14)9-13(15)8-11/h7-10H,3-6H2,1-2H3. The van der Waals surface area contributed by atoms with Gasteiger partial charge in [-0.2, -0.15) is 0 Å². The molecule has 0 radical (unpaired) electrons. The first-order valence-electron chi connectivity index (χ1n) is 5.77. The summed E-state index contributed by atoms with van der Waals surface area (Å²) in [5.74, 6) is -0.587. The van der Waals surface area contributed by atoms with E-state index in [1.54, 1.807) is 0 Å². The quantitative estimate of drug-likeness (QED) is 0.444. The maximum absolute atomic E-state index is 13.1. The molecule has 4 heteroatoms. The molecule has 0 unspecified atom stereocenters. The van der Waals surface area contributed by atoms with Crippen molar-refractivity contribution in [1.29, 1.82) is 0 Å². The van der Waals surface area contributed by atoms with E-state index in [9.17, 15) is 8.78 Å². The molecule has 0 aromatic heterocycles. The summed E-state index contributed by atoms with van der Waals surface area (Å²) in [6.45, 7) is 2.17. The first kappa shape index (κ1) is 13.2. The van der Waals surface area contributed by atoms with Crippen molar-refractivity contribution in [2.75, 3.05) is 23.0 Å². The van der Waals surface area contributed by atoms with Gasteiger partial charge in [0.2, 0.25) is 0 Å². The van der Waals surface area contributed by atoms with Crippen LogP contribution in [-0.4, -0.2) is 26.1 Å². The van der Waals surface area contributed by atoms with E-state index >= 15 is 0 Å². The minimum absolute atomic E-state index is 0.326. The molecule has 1 aromatic carbocycles. The van der Waals surface area contributed by atoms with Crippen molar-refractivity contribution >= 4 is 20.1 Å². The summed E-state index contributed by atoms with van der Waals surface area (Å²) in [6, 6.07) is 3.91. The molecule has 0 spiro atoms. The van der Waals surface area contributed by atoms with Gasteiger partial charge in [0, 0.05) is 0 Å². The van der Waals surface area contributed by atoms with Crippen molar-refractivity contribution in [2.24, 2.45) is 0 Å². The number of hydrogen-bond donors (Lipinski definition) is 0. The average Bonchev–Trinajstić information content (AvgIpc) is 2.28. The monoisotopic (exact) mass is 353 g/mol. The molecule has 0 saturated carbocycles. The van der Waals surface area contributed by atoms with Gasteiger partial charge < -0.3 is 0 Å². The van der Waals surface area contributed by atoms with Crippen molar-refractivity contribution in [1.82, 2.24) is 3.11 Å². The van der Waals surface area contributed by atoms with E-state index in [4.69, 9.17) is 0 Å². The van der Waals surface area contributed by atoms with Crippen LogP contribution < -0.4 is 0 Å². The third-order valence-electron chi connectivity index (χ3n) is 3.27. The van der Waals surface area contributed by atoms with Crippen LogP contribution in [0.4, 0.5) is 8.78 Å². The third kappa shape index (κ3) is 3.37. The van der Waals surface area contributed by atoms with Crippen molar-refractivity contribution in [3.05, 3.63) is 35.4 Å². The molecule has 1 nitrogen and oxygen atoms in total. The van der Waals surface area contributed by atoms with Gasteiger partial charge in [0.15, 0.2) is 0 Å². The minimum atomic E-state index is -0.869. The molecule has 0 amide bonds. The topological polar surface area (TPSA) is 3.24 Å². The Morgan fingerprint density at radius 2 is 1.59 bits per heavy atom. The fourth-order valence-electron chi connectivity index (χ4n) is 2.33. The molecule has 96 valence electrons. The summed E-state index contributed by atoms with van der Waals surface area (Å²) in [5, 5.41) is 0. The molecule has 1 saturated heterocycles. The molecule has 1 heterocycles. The van der Waals surface area contributed by atoms with Gasteiger partial charge >= 0.3 is 109 Å². The van der Waals surface area contributed by atoms with E-state index in [-0.39, 0.29) is 0 Å². The summed E-state index contributed by atoms with van der Waals surface area (Å²) < 4.78 is 28.9. The van der Waals surface area contributed by atoms with Gasteiger partial charge in [-0.05, 0) is 0 Å². The number of alkyl halides is 2. The zero-order valence-corrected chi connectivity index (χ0v) is 12.4. The van der Waals surface area contributed by atoms with Crippen LogP contribution in [0.5, 0.6) is 0 Å². The van der Waals surface area contributed by atoms with Crippen LogP contribution in [0.25, 0.3) is 0 Å². The molecule has 2 rings (SSSR count). The summed E-state index contributed by atoms with van der Waals surface area (Å²) >= 11 is -0.869. The van der Waals surface area contributed by atoms with Gasteiger partial charge in [-0.25, -0.2) is 0 Å². The predicted octanol–water partition coefficient (Wildman–Crippen LogP) is 3.83. The van der Waals surface area contributed by atoms with E-state index in [0.717, 1.165) is 37.6 Å². The molecule has 0 atom stereocenters. The number of piperidine rings is 1. The summed E-state index contributed by atoms with van der Waals surface area (Å²) in [7, 11) is 0. The molecule has 1 aliphatic heterocycles. The summed E-state index contributed by atoms with van der Waals surface area (Å²) in [6.07, 6.45) is 2.05. The van der Waals surface area contributed by atoms with E-state index in [2.05, 4.69) is 13.0 Å². The first-order valence-corrected chi connectivity index (χ1v) is 11.1. The second kappa shape index (κ2) is 5.61. The van der Waals surface area contributed by atoms with Crippen LogP contribution >= 0.6 is 20.1 Å². The molecule has 1 aromatic rings. The van der Waals surface area contributed by atoms with Crippen LogP contribution in [0.15, 0.2) is 18.2 Å². The number of hydrogen-bond acceptors (Lipinski definition) is 1. The van der Waals surface area contributed by atoms with Gasteiger partial charge in [0.25, 0.3) is 0 Å². The molecule has 0 N–H and O–H groups in total. The van der Waals surface area contributed by atoms with Crippen molar-refractivity contribution in [3.8, 4) is 0 Å². The van der Waals surface area contributed by atoms with Crippen LogP contribution in [-0.2, 0) is 0 Å². The second-order valence-electron chi connectivity index (χ2n) is 4.60. The zero-order chi connectivity index (χ0) is 12.4. The van der Waals surface area contributed by atoms with Gasteiger partial charge in [-0.3, -0.25) is 0 Å². The Labute approximate surface area is 109 Å². The number of rotatable bonds is 2. The number of benzene rings is 1. The van der Waals surface area contributed by atoms with Gasteiger partial charge in [-0.15, -0.1) is 0 Å². The van der Waals surface area contributed by atoms with E-state index in [1.807, 2.05) is 0 Å². The van der Waals surface area contributed by atoms with E-state index < -0.39 is 31.7 Å². The van der Waals surface area contributed by atoms with Crippen LogP contribution in [0.2, 0.25) is 0 Å². The van der Waals surface area contributed by atoms with Gasteiger partial charge in [-0.1, -0.05) is 0 Å². The zero-order valence-electron chi connectivity index (χ0n) is 10.2. The van der Waals surface area contributed by atoms with Crippen LogP contribution in [0, 0.1) is 11.6 Å². The molecular formula is C13H18F2IN. The Bertz CT molecular complexity index is 367. The molecular weight excluding hydrogens is 335 g/mol. The third-order valence-corrected chi connectivity index (χ3v) is 6.97. The second-order valence-corrected chi connectivity index (χ2v) is 10.1. The van der Waals surface area contributed by atoms with Gasteiger partial charge in [0.05, 0.1) is 0 Å². The van der Waals surface area contributed by atoms with Crippen molar-refractivity contribution in [2.45, 2.75) is 18.8 Å². The molecule has 17 heavy (non-hydrogen) atoms. The Kier molecular flexibility index (Phi) is 4.36. The molecule has 1 fully saturated rings. The maximum atomic E-state index is 13.1. The molecule has 0 aliphatic carbocycles. The SMILES string of the molecule is CI(C)N1CCC(c2cc(F)cc(F)c2)CC1. The summed E-state index contributed by atoms with van der Waals surface area (Å²) in [5.41, 5.74) is 0.828. The predicted molar refractivity (Wildman–Crippen MR) is 75.8 cm³/mol. The van der Waals surface area contributed by atoms with Crippen LogP contribution in [0.1, 0.15) is 24.3 Å². The molecule has 0 bridgehead atoms. The van der Waals surface area contributed by atoms with Crippen molar-refractivity contribution < 1.29 is 8.78 Å². The summed E-state index contributed by atoms with van der Waals surface area (Å²) in [4.78, 5) is 4.68. The van der Waals surface area contributed by atoms with Crippen molar-refractivity contribution in [3.63, 3.8) is 0 Å². The fourth-order valence-corrected chi connectivity index (χ4v) is 4.82. The fraction of sp³-hybridized carbons (Fsp3) is 0.538. The Balaban J connectivity index is 2.05. The van der Waals surface area contributed by atoms with E-state index in [1.165, 1.54) is 12.1 Å². The Hall–Kier alpha value is -0.230. The normalized spacial score (nSPS) is 19.4. The number of halogens is 3.